The third-order valence-corrected chi connectivity index (χ3v) is 8.42. The second-order valence-electron chi connectivity index (χ2n) is 6.56. The monoisotopic (exact) mass is 286 g/mol. The Labute approximate surface area is 125 Å². The van der Waals surface area contributed by atoms with Gasteiger partial charge < -0.3 is 4.74 Å². The van der Waals surface area contributed by atoms with Crippen molar-refractivity contribution in [3.63, 3.8) is 0 Å². The van der Waals surface area contributed by atoms with Gasteiger partial charge in [0.2, 0.25) is 0 Å². The molecule has 108 valence electrons. The molecule has 2 heteroatoms. The maximum atomic E-state index is 5.16. The van der Waals surface area contributed by atoms with E-state index < -0.39 is 8.07 Å². The summed E-state index contributed by atoms with van der Waals surface area (Å²) in [5, 5.41) is 0.281. The molecule has 0 N–H and O–H groups in total. The fraction of sp³-hybridized carbons (Fsp3) is 0.444. The van der Waals surface area contributed by atoms with Crippen molar-refractivity contribution in [2.45, 2.75) is 38.9 Å². The molecule has 0 fully saturated rings. The van der Waals surface area contributed by atoms with Crippen LogP contribution in [0.15, 0.2) is 36.4 Å². The van der Waals surface area contributed by atoms with Crippen molar-refractivity contribution in [2.75, 3.05) is 13.7 Å². The Bertz CT molecular complexity index is 510. The Morgan fingerprint density at radius 2 is 1.80 bits per heavy atom. The first-order valence-electron chi connectivity index (χ1n) is 7.05. The number of hydrogen-bond donors (Lipinski definition) is 0. The lowest BCUT2D eigenvalue weighted by molar-refractivity contribution is 0.234. The van der Waals surface area contributed by atoms with Crippen LogP contribution in [-0.4, -0.2) is 21.8 Å². The van der Waals surface area contributed by atoms with Crippen LogP contribution in [0.1, 0.15) is 26.3 Å². The van der Waals surface area contributed by atoms with Crippen molar-refractivity contribution in [3.8, 4) is 11.5 Å². The third-order valence-electron chi connectivity index (χ3n) is 3.92. The van der Waals surface area contributed by atoms with E-state index in [9.17, 15) is 0 Å². The molecule has 0 bridgehead atoms. The molecule has 0 radical (unpaired) electrons. The SMILES string of the molecule is COC/C=C(/C#C[Si](C)(C)C(C)(C)C)c1ccccc1. The quantitative estimate of drug-likeness (QED) is 0.574. The summed E-state index contributed by atoms with van der Waals surface area (Å²) >= 11 is 0. The van der Waals surface area contributed by atoms with Crippen LogP contribution in [-0.2, 0) is 4.74 Å². The Kier molecular flexibility index (Phi) is 5.80. The maximum Gasteiger partial charge on any atom is 0.138 e. The molecule has 0 aliphatic rings. The van der Waals surface area contributed by atoms with Gasteiger partial charge in [0.25, 0.3) is 0 Å². The molecule has 0 spiro atoms. The van der Waals surface area contributed by atoms with E-state index in [1.165, 1.54) is 0 Å². The zero-order valence-electron chi connectivity index (χ0n) is 13.6. The van der Waals surface area contributed by atoms with Crippen LogP contribution >= 0.6 is 0 Å². The molecule has 0 heterocycles. The maximum absolute atomic E-state index is 5.16. The molecule has 1 rings (SSSR count). The van der Waals surface area contributed by atoms with Crippen LogP contribution in [0.5, 0.6) is 0 Å². The van der Waals surface area contributed by atoms with Gasteiger partial charge in [-0.2, -0.15) is 0 Å². The van der Waals surface area contributed by atoms with Crippen molar-refractivity contribution < 1.29 is 4.74 Å². The van der Waals surface area contributed by atoms with Crippen molar-refractivity contribution >= 4 is 13.6 Å². The van der Waals surface area contributed by atoms with Crippen molar-refractivity contribution in [1.82, 2.24) is 0 Å². The highest BCUT2D eigenvalue weighted by Gasteiger charge is 2.33. The summed E-state index contributed by atoms with van der Waals surface area (Å²) in [6, 6.07) is 10.3. The van der Waals surface area contributed by atoms with E-state index in [0.29, 0.717) is 6.61 Å². The molecule has 0 saturated carbocycles. The first-order valence-corrected chi connectivity index (χ1v) is 10.1. The second kappa shape index (κ2) is 6.92. The van der Waals surface area contributed by atoms with E-state index in [2.05, 4.69) is 63.5 Å². The summed E-state index contributed by atoms with van der Waals surface area (Å²) in [5.41, 5.74) is 5.80. The highest BCUT2D eigenvalue weighted by Crippen LogP contribution is 2.35. The normalized spacial score (nSPS) is 12.8. The van der Waals surface area contributed by atoms with E-state index in [0.717, 1.165) is 11.1 Å². The molecule has 0 amide bonds. The predicted molar refractivity (Wildman–Crippen MR) is 91.3 cm³/mol. The molecule has 0 aliphatic carbocycles. The summed E-state index contributed by atoms with van der Waals surface area (Å²) in [6.07, 6.45) is 2.06. The molecule has 0 aliphatic heterocycles. The molecule has 0 aromatic heterocycles. The summed E-state index contributed by atoms with van der Waals surface area (Å²) in [6.45, 7) is 12.1. The van der Waals surface area contributed by atoms with Crippen LogP contribution in [0.3, 0.4) is 0 Å². The van der Waals surface area contributed by atoms with Gasteiger partial charge in [0.15, 0.2) is 0 Å². The lowest BCUT2D eigenvalue weighted by Crippen LogP contribution is -2.35. The average molecular weight is 286 g/mol. The van der Waals surface area contributed by atoms with Gasteiger partial charge in [-0.05, 0) is 16.7 Å². The van der Waals surface area contributed by atoms with E-state index in [1.807, 2.05) is 18.2 Å². The van der Waals surface area contributed by atoms with Crippen LogP contribution in [0, 0.1) is 11.5 Å². The molecule has 0 saturated heterocycles. The average Bonchev–Trinajstić information content (AvgIpc) is 2.38. The molecule has 1 aromatic carbocycles. The zero-order valence-corrected chi connectivity index (χ0v) is 14.6. The number of benzene rings is 1. The number of allylic oxidation sites excluding steroid dienone is 1. The van der Waals surface area contributed by atoms with E-state index in [1.54, 1.807) is 7.11 Å². The smallest absolute Gasteiger partial charge is 0.138 e. The van der Waals surface area contributed by atoms with Gasteiger partial charge in [0.05, 0.1) is 6.61 Å². The molecule has 1 aromatic rings. The van der Waals surface area contributed by atoms with Gasteiger partial charge in [-0.3, -0.25) is 0 Å². The first kappa shape index (κ1) is 16.8. The summed E-state index contributed by atoms with van der Waals surface area (Å²) in [7, 11) is 0.126. The lowest BCUT2D eigenvalue weighted by atomic mass is 10.1. The molecule has 20 heavy (non-hydrogen) atoms. The Morgan fingerprint density at radius 1 is 1.20 bits per heavy atom. The van der Waals surface area contributed by atoms with Crippen LogP contribution in [0.2, 0.25) is 18.1 Å². The van der Waals surface area contributed by atoms with E-state index >= 15 is 0 Å². The fourth-order valence-corrected chi connectivity index (χ4v) is 2.26. The van der Waals surface area contributed by atoms with Crippen molar-refractivity contribution in [2.24, 2.45) is 0 Å². The van der Waals surface area contributed by atoms with Gasteiger partial charge >= 0.3 is 0 Å². The molecular weight excluding hydrogens is 260 g/mol. The molecular formula is C18H26OSi. The van der Waals surface area contributed by atoms with Crippen LogP contribution < -0.4 is 0 Å². The van der Waals surface area contributed by atoms with Crippen LogP contribution in [0.25, 0.3) is 5.57 Å². The minimum Gasteiger partial charge on any atom is -0.381 e. The molecule has 0 atom stereocenters. The minimum absolute atomic E-state index is 0.281. The van der Waals surface area contributed by atoms with E-state index in [4.69, 9.17) is 4.74 Å². The Morgan fingerprint density at radius 3 is 2.30 bits per heavy atom. The van der Waals surface area contributed by atoms with Gasteiger partial charge in [-0.25, -0.2) is 0 Å². The Hall–Kier alpha value is -1.30. The molecule has 1 nitrogen and oxygen atoms in total. The third kappa shape index (κ3) is 4.66. The number of methoxy groups -OCH3 is 1. The van der Waals surface area contributed by atoms with Crippen LogP contribution in [0.4, 0.5) is 0 Å². The van der Waals surface area contributed by atoms with E-state index in [-0.39, 0.29) is 5.04 Å². The van der Waals surface area contributed by atoms with Crippen molar-refractivity contribution in [1.29, 1.82) is 0 Å². The minimum atomic E-state index is -1.58. The first-order chi connectivity index (χ1) is 9.28. The summed E-state index contributed by atoms with van der Waals surface area (Å²) in [5.74, 6) is 3.41. The summed E-state index contributed by atoms with van der Waals surface area (Å²) < 4.78 is 5.16. The highest BCUT2D eigenvalue weighted by atomic mass is 28.3. The topological polar surface area (TPSA) is 9.23 Å². The highest BCUT2D eigenvalue weighted by molar-refractivity contribution is 6.87. The Balaban J connectivity index is 3.12. The predicted octanol–water partition coefficient (Wildman–Crippen LogP) is 4.77. The fourth-order valence-electron chi connectivity index (χ4n) is 1.44. The largest absolute Gasteiger partial charge is 0.381 e. The summed E-state index contributed by atoms with van der Waals surface area (Å²) in [4.78, 5) is 0. The second-order valence-corrected chi connectivity index (χ2v) is 11.6. The lowest BCUT2D eigenvalue weighted by Gasteiger charge is -2.31. The van der Waals surface area contributed by atoms with Gasteiger partial charge in [0, 0.05) is 12.7 Å². The zero-order chi connectivity index (χ0) is 15.2. The van der Waals surface area contributed by atoms with Gasteiger partial charge in [-0.15, -0.1) is 5.54 Å². The number of hydrogen-bond acceptors (Lipinski definition) is 1. The van der Waals surface area contributed by atoms with Gasteiger partial charge in [0.1, 0.15) is 8.07 Å². The standard InChI is InChI=1S/C18H26OSi/c1-18(2,3)20(5,6)15-13-17(12-14-19-4)16-10-8-7-9-11-16/h7-12H,14H2,1-6H3/b17-12-. The van der Waals surface area contributed by atoms with Crippen molar-refractivity contribution in [3.05, 3.63) is 42.0 Å². The van der Waals surface area contributed by atoms with Gasteiger partial charge in [-0.1, -0.05) is 70.1 Å². The molecule has 0 unspecified atom stereocenters. The number of ether oxygens (including phenoxy) is 1. The number of rotatable bonds is 3.